The molecule has 1 aromatic heterocycles. The predicted molar refractivity (Wildman–Crippen MR) is 149 cm³/mol. The van der Waals surface area contributed by atoms with Crippen molar-refractivity contribution in [3.8, 4) is 22.6 Å². The first kappa shape index (κ1) is 26.0. The molecule has 1 heterocycles. The second kappa shape index (κ2) is 13.9. The van der Waals surface area contributed by atoms with Gasteiger partial charge in [-0.2, -0.15) is 34.0 Å². The van der Waals surface area contributed by atoms with Gasteiger partial charge in [0.2, 0.25) is 0 Å². The molecule has 0 spiro atoms. The van der Waals surface area contributed by atoms with Crippen LogP contribution in [0.3, 0.4) is 0 Å². The maximum Gasteiger partial charge on any atom is 0.171 e. The van der Waals surface area contributed by atoms with Crippen LogP contribution in [0.1, 0.15) is 17.9 Å². The fourth-order valence-corrected chi connectivity index (χ4v) is 4.84. The van der Waals surface area contributed by atoms with E-state index in [0.717, 1.165) is 34.1 Å². The predicted octanol–water partition coefficient (Wildman–Crippen LogP) is 5.61. The van der Waals surface area contributed by atoms with E-state index in [1.807, 2.05) is 18.2 Å². The Hall–Kier alpha value is -2.04. The summed E-state index contributed by atoms with van der Waals surface area (Å²) in [6.45, 7) is 2.82. The molecule has 9 heteroatoms. The van der Waals surface area contributed by atoms with Crippen LogP contribution >= 0.6 is 37.0 Å². The summed E-state index contributed by atoms with van der Waals surface area (Å²) >= 11 is 9.63. The normalized spacial score (nSPS) is 15.1. The fourth-order valence-electron chi connectivity index (χ4n) is 4.01. The summed E-state index contributed by atoms with van der Waals surface area (Å²) in [7, 11) is 0. The van der Waals surface area contributed by atoms with Crippen molar-refractivity contribution in [2.75, 3.05) is 51.1 Å². The van der Waals surface area contributed by atoms with Crippen LogP contribution in [0.5, 0.6) is 11.5 Å². The number of nitrogens with zero attached hydrogens (tertiary/aromatic N) is 2. The molecule has 0 fully saturated rings. The highest BCUT2D eigenvalue weighted by Gasteiger charge is 2.29. The van der Waals surface area contributed by atoms with E-state index in [-0.39, 0.29) is 5.92 Å². The first-order chi connectivity index (χ1) is 17.3. The number of hydrogen-bond acceptors (Lipinski definition) is 9. The summed E-state index contributed by atoms with van der Waals surface area (Å²) in [5.74, 6) is 2.79. The molecule has 0 saturated carbocycles. The molecule has 0 bridgehead atoms. The van der Waals surface area contributed by atoms with E-state index in [9.17, 15) is 0 Å². The number of rotatable bonds is 14. The van der Waals surface area contributed by atoms with Gasteiger partial charge in [-0.3, -0.25) is 0 Å². The van der Waals surface area contributed by atoms with Crippen LogP contribution in [0.15, 0.2) is 54.6 Å². The number of thiol groups is 2. The highest BCUT2D eigenvalue weighted by atomic mass is 32.1. The van der Waals surface area contributed by atoms with Crippen LogP contribution in [0.2, 0.25) is 0 Å². The van der Waals surface area contributed by atoms with Crippen molar-refractivity contribution >= 4 is 48.0 Å². The van der Waals surface area contributed by atoms with E-state index >= 15 is 0 Å². The van der Waals surface area contributed by atoms with Gasteiger partial charge in [-0.15, -0.1) is 0 Å². The quantitative estimate of drug-likeness (QED) is 0.209. The number of allylic oxidation sites excluding steroid dienone is 4. The molecule has 0 saturated heterocycles. The Bertz CT molecular complexity index is 1130. The van der Waals surface area contributed by atoms with E-state index in [1.165, 1.54) is 11.7 Å². The molecule has 35 heavy (non-hydrogen) atoms. The fraction of sp³-hybridized carbons (Fsp3) is 0.385. The lowest BCUT2D eigenvalue weighted by atomic mass is 9.88. The topological polar surface area (TPSA) is 62.7 Å². The third-order valence-corrected chi connectivity index (χ3v) is 6.39. The second-order valence-corrected chi connectivity index (χ2v) is 9.22. The lowest BCUT2D eigenvalue weighted by Crippen LogP contribution is -2.14. The van der Waals surface area contributed by atoms with Gasteiger partial charge >= 0.3 is 0 Å². The Morgan fingerprint density at radius 2 is 1.49 bits per heavy atom. The van der Waals surface area contributed by atoms with Gasteiger partial charge in [0.15, 0.2) is 11.5 Å². The van der Waals surface area contributed by atoms with Crippen LogP contribution < -0.4 is 9.47 Å². The third-order valence-electron chi connectivity index (χ3n) is 5.49. The smallest absolute Gasteiger partial charge is 0.171 e. The standard InChI is InChI=1S/C26H30N2O4S3/c33-17-15-29-11-13-31-25-21(19-7-3-1-4-8-19)23-24(28-35-27-23)22(20-9-5-2-6-10-20)26(25)32-14-12-30-16-18-34/h1-9,20,33-34H,10-18H2. The van der Waals surface area contributed by atoms with Crippen molar-refractivity contribution in [3.63, 3.8) is 0 Å². The molecule has 4 rings (SSSR count). The molecular formula is C26H30N2O4S3. The molecule has 0 amide bonds. The minimum atomic E-state index is 0.104. The average Bonchev–Trinajstić information content (AvgIpc) is 3.38. The van der Waals surface area contributed by atoms with Gasteiger partial charge in [0, 0.05) is 23.0 Å². The summed E-state index contributed by atoms with van der Waals surface area (Å²) in [6, 6.07) is 10.1. The van der Waals surface area contributed by atoms with Crippen LogP contribution in [0.4, 0.5) is 0 Å². The Morgan fingerprint density at radius 1 is 0.800 bits per heavy atom. The lowest BCUT2D eigenvalue weighted by molar-refractivity contribution is 0.102. The molecule has 186 valence electrons. The van der Waals surface area contributed by atoms with Crippen molar-refractivity contribution in [1.82, 2.24) is 8.75 Å². The van der Waals surface area contributed by atoms with E-state index in [1.54, 1.807) is 0 Å². The summed E-state index contributed by atoms with van der Waals surface area (Å²) in [6.07, 6.45) is 9.32. The number of ether oxygens (including phenoxy) is 4. The molecule has 6 nitrogen and oxygen atoms in total. The Kier molecular flexibility index (Phi) is 10.3. The zero-order valence-corrected chi connectivity index (χ0v) is 22.1. The Morgan fingerprint density at radius 3 is 2.14 bits per heavy atom. The Labute approximate surface area is 221 Å². The minimum absolute atomic E-state index is 0.104. The summed E-state index contributed by atoms with van der Waals surface area (Å²) in [5, 5.41) is 0. The number of fused-ring (bicyclic) bond motifs is 1. The highest BCUT2D eigenvalue weighted by molar-refractivity contribution is 7.80. The van der Waals surface area contributed by atoms with E-state index in [4.69, 9.17) is 27.7 Å². The third kappa shape index (κ3) is 6.59. The van der Waals surface area contributed by atoms with Crippen molar-refractivity contribution in [3.05, 3.63) is 60.2 Å². The Balaban J connectivity index is 1.82. The van der Waals surface area contributed by atoms with Gasteiger partial charge in [0.25, 0.3) is 0 Å². The summed E-state index contributed by atoms with van der Waals surface area (Å²) in [5.41, 5.74) is 4.55. The van der Waals surface area contributed by atoms with Gasteiger partial charge in [-0.05, 0) is 12.0 Å². The molecule has 1 aliphatic rings. The summed E-state index contributed by atoms with van der Waals surface area (Å²) in [4.78, 5) is 0. The van der Waals surface area contributed by atoms with E-state index in [2.05, 4.69) is 61.7 Å². The average molecular weight is 531 g/mol. The molecule has 1 aliphatic carbocycles. The first-order valence-electron chi connectivity index (χ1n) is 11.7. The number of hydrogen-bond donors (Lipinski definition) is 2. The first-order valence-corrected chi connectivity index (χ1v) is 13.7. The van der Waals surface area contributed by atoms with Crippen LogP contribution in [0.25, 0.3) is 22.2 Å². The molecule has 0 radical (unpaired) electrons. The van der Waals surface area contributed by atoms with Gasteiger partial charge in [-0.25, -0.2) is 0 Å². The van der Waals surface area contributed by atoms with Crippen LogP contribution in [-0.2, 0) is 9.47 Å². The monoisotopic (exact) mass is 530 g/mol. The maximum atomic E-state index is 6.44. The number of aromatic nitrogens is 2. The summed E-state index contributed by atoms with van der Waals surface area (Å²) < 4.78 is 33.5. The molecule has 2 aromatic carbocycles. The molecule has 0 aliphatic heterocycles. The SMILES string of the molecule is SCCOCCOc1c(OCCOCCS)c(C2C=CC=CC2)c2nsnc2c1-c1ccccc1. The van der Waals surface area contributed by atoms with Crippen molar-refractivity contribution in [2.24, 2.45) is 0 Å². The molecular weight excluding hydrogens is 500 g/mol. The van der Waals surface area contributed by atoms with Crippen LogP contribution in [-0.4, -0.2) is 59.9 Å². The molecule has 0 N–H and O–H groups in total. The zero-order chi connectivity index (χ0) is 24.3. The largest absolute Gasteiger partial charge is 0.487 e. The number of benzene rings is 2. The van der Waals surface area contributed by atoms with E-state index in [0.29, 0.717) is 62.6 Å². The van der Waals surface area contributed by atoms with E-state index < -0.39 is 0 Å². The molecule has 3 aromatic rings. The van der Waals surface area contributed by atoms with Crippen LogP contribution in [0, 0.1) is 0 Å². The molecule has 1 atom stereocenters. The highest BCUT2D eigenvalue weighted by Crippen LogP contribution is 2.50. The van der Waals surface area contributed by atoms with Gasteiger partial charge < -0.3 is 18.9 Å². The van der Waals surface area contributed by atoms with Crippen molar-refractivity contribution in [2.45, 2.75) is 12.3 Å². The lowest BCUT2D eigenvalue weighted by Gasteiger charge is -2.24. The second-order valence-electron chi connectivity index (χ2n) is 7.80. The van der Waals surface area contributed by atoms with Gasteiger partial charge in [0.05, 0.1) is 43.7 Å². The minimum Gasteiger partial charge on any atom is -0.487 e. The van der Waals surface area contributed by atoms with Crippen molar-refractivity contribution < 1.29 is 18.9 Å². The maximum absolute atomic E-state index is 6.44. The molecule has 1 unspecified atom stereocenters. The van der Waals surface area contributed by atoms with Crippen molar-refractivity contribution in [1.29, 1.82) is 0 Å². The van der Waals surface area contributed by atoms with Gasteiger partial charge in [-0.1, -0.05) is 54.6 Å². The zero-order valence-electron chi connectivity index (χ0n) is 19.5. The van der Waals surface area contributed by atoms with Gasteiger partial charge in [0.1, 0.15) is 24.2 Å².